The van der Waals surface area contributed by atoms with Crippen LogP contribution in [0.25, 0.3) is 0 Å². The minimum absolute atomic E-state index is 0.00766. The van der Waals surface area contributed by atoms with Crippen molar-refractivity contribution in [2.75, 3.05) is 26.4 Å². The largest absolute Gasteiger partial charge is 0.463 e. The molecule has 2 aromatic rings. The van der Waals surface area contributed by atoms with Gasteiger partial charge in [0.1, 0.15) is 13.2 Å². The number of benzene rings is 2. The van der Waals surface area contributed by atoms with Crippen LogP contribution in [0, 0.1) is 0 Å². The lowest BCUT2D eigenvalue weighted by Gasteiger charge is -2.07. The number of hydrogen-bond acceptors (Lipinski definition) is 12. The molecule has 0 amide bonds. The summed E-state index contributed by atoms with van der Waals surface area (Å²) in [4.78, 5) is 70.8. The zero-order valence-electron chi connectivity index (χ0n) is 27.4. The summed E-state index contributed by atoms with van der Waals surface area (Å²) in [6, 6.07) is 18.8. The molecule has 0 unspecified atom stereocenters. The number of unbranched alkanes of at least 4 members (excludes halogenated alkanes) is 5. The summed E-state index contributed by atoms with van der Waals surface area (Å²) in [6.45, 7) is -0.226. The predicted molar refractivity (Wildman–Crippen MR) is 172 cm³/mol. The quantitative estimate of drug-likeness (QED) is 0.0761. The number of rotatable bonds is 25. The van der Waals surface area contributed by atoms with Crippen LogP contribution in [0.3, 0.4) is 0 Å². The molecule has 2 rings (SSSR count). The molecule has 2 aromatic carbocycles. The van der Waals surface area contributed by atoms with Gasteiger partial charge in [0.15, 0.2) is 13.2 Å². The van der Waals surface area contributed by atoms with Gasteiger partial charge >= 0.3 is 35.8 Å². The molecule has 0 aliphatic rings. The molecule has 48 heavy (non-hydrogen) atoms. The lowest BCUT2D eigenvalue weighted by atomic mass is 10.2. The van der Waals surface area contributed by atoms with Crippen LogP contribution < -0.4 is 0 Å². The lowest BCUT2D eigenvalue weighted by molar-refractivity contribution is -0.159. The molecule has 0 fully saturated rings. The molecule has 0 aliphatic carbocycles. The summed E-state index contributed by atoms with van der Waals surface area (Å²) in [5.74, 6) is -3.09. The van der Waals surface area contributed by atoms with E-state index in [0.717, 1.165) is 11.1 Å². The Morgan fingerprint density at radius 2 is 0.688 bits per heavy atom. The molecule has 12 nitrogen and oxygen atoms in total. The van der Waals surface area contributed by atoms with Crippen molar-refractivity contribution in [1.29, 1.82) is 0 Å². The van der Waals surface area contributed by atoms with Crippen molar-refractivity contribution in [3.63, 3.8) is 0 Å². The van der Waals surface area contributed by atoms with Crippen LogP contribution in [-0.4, -0.2) is 62.2 Å². The number of hydrogen-bond donors (Lipinski definition) is 0. The first-order chi connectivity index (χ1) is 23.3. The van der Waals surface area contributed by atoms with Gasteiger partial charge < -0.3 is 28.4 Å². The Hall–Kier alpha value is -4.74. The SMILES string of the molecule is O=C(CCCCC(=O)OCC(=O)OCCCCCC(=O)OCc1ccccc1)OCC(=O)OCCCCCC(=O)OCc1ccccc1. The fraction of sp³-hybridized carbons (Fsp3) is 0.500. The zero-order chi connectivity index (χ0) is 34.7. The van der Waals surface area contributed by atoms with Gasteiger partial charge in [-0.2, -0.15) is 0 Å². The highest BCUT2D eigenvalue weighted by Gasteiger charge is 2.12. The van der Waals surface area contributed by atoms with Gasteiger partial charge in [0.2, 0.25) is 0 Å². The summed E-state index contributed by atoms with van der Waals surface area (Å²) < 4.78 is 30.3. The van der Waals surface area contributed by atoms with Crippen LogP contribution in [0.2, 0.25) is 0 Å². The molecule has 0 spiro atoms. The van der Waals surface area contributed by atoms with Crippen LogP contribution in [-0.2, 0) is 70.4 Å². The first-order valence-electron chi connectivity index (χ1n) is 16.3. The van der Waals surface area contributed by atoms with Crippen molar-refractivity contribution < 1.29 is 57.2 Å². The highest BCUT2D eigenvalue weighted by atomic mass is 16.6. The lowest BCUT2D eigenvalue weighted by Crippen LogP contribution is -2.17. The standard InChI is InChI=1S/C36H46O12/c37-31(45-25-29-15-5-1-6-16-29)19-9-3-13-23-43-35(41)27-47-33(39)21-11-12-22-34(40)48-28-36(42)44-24-14-4-10-20-32(38)46-26-30-17-7-2-8-18-30/h1-2,5-8,15-18H,3-4,9-14,19-28H2. The smallest absolute Gasteiger partial charge is 0.344 e. The monoisotopic (exact) mass is 670 g/mol. The maximum absolute atomic E-state index is 11.8. The van der Waals surface area contributed by atoms with E-state index in [2.05, 4.69) is 0 Å². The van der Waals surface area contributed by atoms with Crippen LogP contribution in [0.15, 0.2) is 60.7 Å². The topological polar surface area (TPSA) is 158 Å². The molecular formula is C36H46O12. The van der Waals surface area contributed by atoms with Crippen molar-refractivity contribution in [2.24, 2.45) is 0 Å². The number of esters is 6. The summed E-state index contributed by atoms with van der Waals surface area (Å²) in [5.41, 5.74) is 1.85. The third kappa shape index (κ3) is 21.1. The summed E-state index contributed by atoms with van der Waals surface area (Å²) in [5, 5.41) is 0. The van der Waals surface area contributed by atoms with Crippen molar-refractivity contribution in [3.05, 3.63) is 71.8 Å². The van der Waals surface area contributed by atoms with Crippen LogP contribution in [0.1, 0.15) is 88.2 Å². The Bertz CT molecular complexity index is 1150. The molecule has 0 aliphatic heterocycles. The molecule has 0 bridgehead atoms. The second kappa shape index (κ2) is 25.4. The third-order valence-electron chi connectivity index (χ3n) is 6.78. The Kier molecular flexibility index (Phi) is 20.8. The molecule has 0 saturated heterocycles. The average molecular weight is 671 g/mol. The van der Waals surface area contributed by atoms with E-state index in [4.69, 9.17) is 28.4 Å². The Labute approximate surface area is 281 Å². The van der Waals surface area contributed by atoms with Gasteiger partial charge in [-0.1, -0.05) is 60.7 Å². The van der Waals surface area contributed by atoms with Gasteiger partial charge in [-0.25, -0.2) is 9.59 Å². The minimum Gasteiger partial charge on any atom is -0.463 e. The van der Waals surface area contributed by atoms with E-state index >= 15 is 0 Å². The maximum Gasteiger partial charge on any atom is 0.344 e. The number of ether oxygens (including phenoxy) is 6. The highest BCUT2D eigenvalue weighted by Crippen LogP contribution is 2.08. The molecule has 0 heterocycles. The normalized spacial score (nSPS) is 10.4. The number of carbonyl (C=O) groups is 6. The van der Waals surface area contributed by atoms with E-state index in [1.807, 2.05) is 60.7 Å². The van der Waals surface area contributed by atoms with E-state index in [1.54, 1.807) is 0 Å². The second-order valence-electron chi connectivity index (χ2n) is 10.9. The van der Waals surface area contributed by atoms with E-state index in [0.29, 0.717) is 51.4 Å². The molecule has 12 heteroatoms. The van der Waals surface area contributed by atoms with E-state index in [1.165, 1.54) is 0 Å². The molecule has 0 atom stereocenters. The number of carbonyl (C=O) groups excluding carboxylic acids is 6. The molecule has 0 radical (unpaired) electrons. The molecule has 0 N–H and O–H groups in total. The minimum atomic E-state index is -0.666. The van der Waals surface area contributed by atoms with Gasteiger partial charge in [0.25, 0.3) is 0 Å². The van der Waals surface area contributed by atoms with Crippen LogP contribution >= 0.6 is 0 Å². The first kappa shape index (κ1) is 39.4. The Morgan fingerprint density at radius 1 is 0.354 bits per heavy atom. The van der Waals surface area contributed by atoms with E-state index in [9.17, 15) is 28.8 Å². The molecule has 262 valence electrons. The first-order valence-corrected chi connectivity index (χ1v) is 16.3. The molecule has 0 saturated carbocycles. The van der Waals surface area contributed by atoms with E-state index in [-0.39, 0.29) is 64.0 Å². The van der Waals surface area contributed by atoms with Crippen molar-refractivity contribution >= 4 is 35.8 Å². The van der Waals surface area contributed by atoms with Gasteiger partial charge in [-0.3, -0.25) is 19.2 Å². The van der Waals surface area contributed by atoms with E-state index < -0.39 is 37.1 Å². The predicted octanol–water partition coefficient (Wildman–Crippen LogP) is 5.33. The maximum atomic E-state index is 11.8. The average Bonchev–Trinajstić information content (AvgIpc) is 3.10. The fourth-order valence-electron chi connectivity index (χ4n) is 4.13. The van der Waals surface area contributed by atoms with Crippen LogP contribution in [0.5, 0.6) is 0 Å². The molecule has 0 aromatic heterocycles. The highest BCUT2D eigenvalue weighted by molar-refractivity contribution is 5.77. The summed E-state index contributed by atoms with van der Waals surface area (Å²) in [6.07, 6.45) is 4.94. The third-order valence-corrected chi connectivity index (χ3v) is 6.78. The van der Waals surface area contributed by atoms with Gasteiger partial charge in [0, 0.05) is 25.7 Å². The van der Waals surface area contributed by atoms with Gasteiger partial charge in [-0.15, -0.1) is 0 Å². The Morgan fingerprint density at radius 3 is 1.06 bits per heavy atom. The van der Waals surface area contributed by atoms with Gasteiger partial charge in [-0.05, 0) is 62.5 Å². The van der Waals surface area contributed by atoms with Crippen molar-refractivity contribution in [2.45, 2.75) is 90.3 Å². The van der Waals surface area contributed by atoms with Crippen molar-refractivity contribution in [1.82, 2.24) is 0 Å². The zero-order valence-corrected chi connectivity index (χ0v) is 27.4. The fourth-order valence-corrected chi connectivity index (χ4v) is 4.13. The van der Waals surface area contributed by atoms with Gasteiger partial charge in [0.05, 0.1) is 13.2 Å². The van der Waals surface area contributed by atoms with Crippen LogP contribution in [0.4, 0.5) is 0 Å². The summed E-state index contributed by atoms with van der Waals surface area (Å²) >= 11 is 0. The summed E-state index contributed by atoms with van der Waals surface area (Å²) in [7, 11) is 0. The molecular weight excluding hydrogens is 624 g/mol. The van der Waals surface area contributed by atoms with Crippen molar-refractivity contribution in [3.8, 4) is 0 Å². The second-order valence-corrected chi connectivity index (χ2v) is 10.9. The Balaban J connectivity index is 1.34.